The van der Waals surface area contributed by atoms with Crippen LogP contribution in [0.2, 0.25) is 0 Å². The monoisotopic (exact) mass is 157 g/mol. The zero-order valence-corrected chi connectivity index (χ0v) is 8.91. The van der Waals surface area contributed by atoms with Crippen molar-refractivity contribution < 1.29 is 0 Å². The summed E-state index contributed by atoms with van der Waals surface area (Å²) in [5.74, 6) is 0. The molecule has 1 heteroatoms. The van der Waals surface area contributed by atoms with Crippen molar-refractivity contribution in [3.05, 3.63) is 24.4 Å². The molecule has 0 bridgehead atoms. The van der Waals surface area contributed by atoms with E-state index in [-0.39, 0.29) is 0 Å². The first-order valence-electron chi connectivity index (χ1n) is 4.21. The van der Waals surface area contributed by atoms with E-state index in [1.54, 1.807) is 0 Å². The summed E-state index contributed by atoms with van der Waals surface area (Å²) in [6.07, 6.45) is 0. The molecule has 0 aliphatic rings. The molecule has 68 valence electrons. The molecule has 0 atom stereocenters. The minimum Gasteiger partial charge on any atom is -0.388 e. The third-order valence-electron chi connectivity index (χ3n) is 0.817. The summed E-state index contributed by atoms with van der Waals surface area (Å²) < 4.78 is 0. The summed E-state index contributed by atoms with van der Waals surface area (Å²) in [5.41, 5.74) is 1.89. The lowest BCUT2D eigenvalue weighted by Gasteiger charge is -1.99. The van der Waals surface area contributed by atoms with E-state index in [0.717, 1.165) is 11.3 Å². The molecule has 0 aromatic carbocycles. The van der Waals surface area contributed by atoms with E-state index in [2.05, 4.69) is 18.5 Å². The van der Waals surface area contributed by atoms with Gasteiger partial charge in [-0.15, -0.1) is 0 Å². The first kappa shape index (κ1) is 16.7. The molecule has 0 saturated carbocycles. The van der Waals surface area contributed by atoms with Crippen molar-refractivity contribution in [3.63, 3.8) is 0 Å². The minimum atomic E-state index is 0.903. The lowest BCUT2D eigenvalue weighted by atomic mass is 10.3. The summed E-state index contributed by atoms with van der Waals surface area (Å²) in [5, 5.41) is 2.87. The van der Waals surface area contributed by atoms with E-state index in [0.29, 0.717) is 0 Å². The lowest BCUT2D eigenvalue weighted by Crippen LogP contribution is -2.03. The Kier molecular flexibility index (Phi) is 24.5. The SMILES string of the molecule is C=C(C)C(=C)NC.CC.CC. The number of hydrogen-bond acceptors (Lipinski definition) is 1. The van der Waals surface area contributed by atoms with Gasteiger partial charge in [-0.05, 0) is 12.5 Å². The molecule has 0 rings (SSSR count). The maximum Gasteiger partial charge on any atom is 0.0288 e. The second-order valence-corrected chi connectivity index (χ2v) is 1.51. The number of allylic oxidation sites excluding steroid dienone is 1. The summed E-state index contributed by atoms with van der Waals surface area (Å²) >= 11 is 0. The molecule has 0 unspecified atom stereocenters. The van der Waals surface area contributed by atoms with Crippen LogP contribution in [0.25, 0.3) is 0 Å². The van der Waals surface area contributed by atoms with Crippen LogP contribution in [-0.4, -0.2) is 7.05 Å². The molecule has 0 aromatic rings. The van der Waals surface area contributed by atoms with Gasteiger partial charge in [0, 0.05) is 12.7 Å². The molecule has 0 saturated heterocycles. The predicted molar refractivity (Wildman–Crippen MR) is 55.7 cm³/mol. The average Bonchev–Trinajstić information content (AvgIpc) is 2.10. The van der Waals surface area contributed by atoms with Crippen LogP contribution in [0, 0.1) is 0 Å². The van der Waals surface area contributed by atoms with Gasteiger partial charge in [-0.2, -0.15) is 0 Å². The Morgan fingerprint density at radius 3 is 1.27 bits per heavy atom. The summed E-state index contributed by atoms with van der Waals surface area (Å²) in [7, 11) is 1.83. The molecule has 0 fully saturated rings. The second-order valence-electron chi connectivity index (χ2n) is 1.51. The topological polar surface area (TPSA) is 12.0 Å². The number of likely N-dealkylation sites (N-methyl/N-ethyl adjacent to an activating group) is 1. The molecule has 1 N–H and O–H groups in total. The molecule has 11 heavy (non-hydrogen) atoms. The Morgan fingerprint density at radius 1 is 1.00 bits per heavy atom. The molecule has 0 aromatic heterocycles. The zero-order chi connectivity index (χ0) is 9.86. The van der Waals surface area contributed by atoms with Gasteiger partial charge in [-0.1, -0.05) is 40.9 Å². The van der Waals surface area contributed by atoms with Crippen LogP contribution >= 0.6 is 0 Å². The van der Waals surface area contributed by atoms with Gasteiger partial charge in [-0.25, -0.2) is 0 Å². The Hall–Kier alpha value is -0.720. The van der Waals surface area contributed by atoms with E-state index < -0.39 is 0 Å². The average molecular weight is 157 g/mol. The van der Waals surface area contributed by atoms with Crippen molar-refractivity contribution in [2.24, 2.45) is 0 Å². The van der Waals surface area contributed by atoms with Gasteiger partial charge < -0.3 is 5.32 Å². The Bertz CT molecular complexity index is 93.0. The summed E-state index contributed by atoms with van der Waals surface area (Å²) in [6.45, 7) is 17.2. The largest absolute Gasteiger partial charge is 0.388 e. The standard InChI is InChI=1S/C6H11N.2C2H6/c1-5(2)6(3)7-4;2*1-2/h7H,1,3H2,2,4H3;2*1-2H3. The van der Waals surface area contributed by atoms with Gasteiger partial charge in [0.05, 0.1) is 0 Å². The Morgan fingerprint density at radius 2 is 1.27 bits per heavy atom. The van der Waals surface area contributed by atoms with Crippen LogP contribution in [0.4, 0.5) is 0 Å². The van der Waals surface area contributed by atoms with Crippen molar-refractivity contribution in [3.8, 4) is 0 Å². The number of hydrogen-bond donors (Lipinski definition) is 1. The van der Waals surface area contributed by atoms with E-state index in [4.69, 9.17) is 0 Å². The Balaban J connectivity index is -0.000000138. The molecular formula is C10H23N. The highest BCUT2D eigenvalue weighted by Gasteiger charge is 1.83. The minimum absolute atomic E-state index is 0.903. The van der Waals surface area contributed by atoms with Crippen molar-refractivity contribution in [2.45, 2.75) is 34.6 Å². The van der Waals surface area contributed by atoms with Crippen molar-refractivity contribution in [2.75, 3.05) is 7.05 Å². The maximum absolute atomic E-state index is 3.66. The van der Waals surface area contributed by atoms with Gasteiger partial charge in [0.2, 0.25) is 0 Å². The number of nitrogens with one attached hydrogen (secondary N) is 1. The smallest absolute Gasteiger partial charge is 0.0288 e. The van der Waals surface area contributed by atoms with E-state index in [9.17, 15) is 0 Å². The van der Waals surface area contributed by atoms with Gasteiger partial charge in [0.25, 0.3) is 0 Å². The summed E-state index contributed by atoms with van der Waals surface area (Å²) in [6, 6.07) is 0. The van der Waals surface area contributed by atoms with Crippen molar-refractivity contribution in [1.82, 2.24) is 5.32 Å². The molecule has 0 radical (unpaired) electrons. The normalized spacial score (nSPS) is 6.00. The molecule has 0 heterocycles. The zero-order valence-electron chi connectivity index (χ0n) is 8.91. The molecule has 0 aliphatic carbocycles. The summed E-state index contributed by atoms with van der Waals surface area (Å²) in [4.78, 5) is 0. The predicted octanol–water partition coefficient (Wildman–Crippen LogP) is 3.35. The number of rotatable bonds is 2. The van der Waals surface area contributed by atoms with Gasteiger partial charge in [0.15, 0.2) is 0 Å². The fourth-order valence-corrected chi connectivity index (χ4v) is 0.213. The second kappa shape index (κ2) is 16.1. The molecular weight excluding hydrogens is 134 g/mol. The third-order valence-corrected chi connectivity index (χ3v) is 0.817. The third kappa shape index (κ3) is 17.6. The fraction of sp³-hybridized carbons (Fsp3) is 0.600. The van der Waals surface area contributed by atoms with Gasteiger partial charge in [-0.3, -0.25) is 0 Å². The van der Waals surface area contributed by atoms with Crippen LogP contribution in [-0.2, 0) is 0 Å². The maximum atomic E-state index is 3.66. The highest BCUT2D eigenvalue weighted by atomic mass is 14.8. The molecule has 1 nitrogen and oxygen atoms in total. The van der Waals surface area contributed by atoms with Crippen LogP contribution in [0.3, 0.4) is 0 Å². The van der Waals surface area contributed by atoms with Crippen molar-refractivity contribution in [1.29, 1.82) is 0 Å². The lowest BCUT2D eigenvalue weighted by molar-refractivity contribution is 1.01. The van der Waals surface area contributed by atoms with E-state index in [1.165, 1.54) is 0 Å². The fourth-order valence-electron chi connectivity index (χ4n) is 0.213. The van der Waals surface area contributed by atoms with Crippen LogP contribution in [0.1, 0.15) is 34.6 Å². The van der Waals surface area contributed by atoms with Crippen LogP contribution in [0.15, 0.2) is 24.4 Å². The highest BCUT2D eigenvalue weighted by Crippen LogP contribution is 1.95. The van der Waals surface area contributed by atoms with Crippen LogP contribution in [0.5, 0.6) is 0 Å². The Labute approximate surface area is 72.2 Å². The van der Waals surface area contributed by atoms with Crippen molar-refractivity contribution >= 4 is 0 Å². The molecule has 0 aliphatic heterocycles. The quantitative estimate of drug-likeness (QED) is 0.606. The molecule has 0 spiro atoms. The van der Waals surface area contributed by atoms with E-state index >= 15 is 0 Å². The first-order chi connectivity index (χ1) is 5.18. The van der Waals surface area contributed by atoms with Gasteiger partial charge >= 0.3 is 0 Å². The van der Waals surface area contributed by atoms with Crippen LogP contribution < -0.4 is 5.32 Å². The molecule has 0 amide bonds. The first-order valence-corrected chi connectivity index (χ1v) is 4.21. The van der Waals surface area contributed by atoms with E-state index in [1.807, 2.05) is 41.7 Å². The highest BCUT2D eigenvalue weighted by molar-refractivity contribution is 5.19. The van der Waals surface area contributed by atoms with Gasteiger partial charge in [0.1, 0.15) is 0 Å².